The fourth-order valence-corrected chi connectivity index (χ4v) is 2.53. The molecule has 0 amide bonds. The molecule has 2 rings (SSSR count). The van der Waals surface area contributed by atoms with Gasteiger partial charge in [0.1, 0.15) is 0 Å². The van der Waals surface area contributed by atoms with Gasteiger partial charge in [0.15, 0.2) is 0 Å². The molecule has 1 aromatic carbocycles. The summed E-state index contributed by atoms with van der Waals surface area (Å²) in [6, 6.07) is 7.89. The van der Waals surface area contributed by atoms with Crippen molar-refractivity contribution in [3.8, 4) is 0 Å². The third kappa shape index (κ3) is 3.80. The molecule has 1 N–H and O–H groups in total. The Kier molecular flexibility index (Phi) is 5.32. The molecular formula is C16H19Cl2N3. The van der Waals surface area contributed by atoms with Gasteiger partial charge in [-0.3, -0.25) is 4.98 Å². The van der Waals surface area contributed by atoms with Crippen molar-refractivity contribution in [3.05, 3.63) is 52.3 Å². The number of nitrogens with zero attached hydrogens (tertiary/aromatic N) is 2. The lowest BCUT2D eigenvalue weighted by Gasteiger charge is -2.23. The van der Waals surface area contributed by atoms with Gasteiger partial charge in [0.25, 0.3) is 0 Å². The molecule has 0 aliphatic heterocycles. The highest BCUT2D eigenvalue weighted by atomic mass is 35.5. The van der Waals surface area contributed by atoms with Crippen LogP contribution in [-0.4, -0.2) is 19.1 Å². The summed E-state index contributed by atoms with van der Waals surface area (Å²) in [5, 5.41) is 4.69. The Morgan fingerprint density at radius 2 is 1.95 bits per heavy atom. The average molecular weight is 324 g/mol. The van der Waals surface area contributed by atoms with E-state index >= 15 is 0 Å². The molecule has 112 valence electrons. The Labute approximate surface area is 135 Å². The molecule has 0 bridgehead atoms. The Bertz CT molecular complexity index is 614. The number of benzene rings is 1. The standard InChI is InChI=1S/C16H19Cl2N3/c1-4-14(11-5-6-12(17)13(18)9-11)20-15-10-19-8-7-16(15)21(2)3/h5-10,14,20H,4H2,1-3H3. The fourth-order valence-electron chi connectivity index (χ4n) is 2.23. The predicted molar refractivity (Wildman–Crippen MR) is 91.7 cm³/mol. The summed E-state index contributed by atoms with van der Waals surface area (Å²) >= 11 is 12.1. The molecule has 21 heavy (non-hydrogen) atoms. The van der Waals surface area contributed by atoms with Gasteiger partial charge in [-0.25, -0.2) is 0 Å². The summed E-state index contributed by atoms with van der Waals surface area (Å²) in [5.41, 5.74) is 3.21. The SMILES string of the molecule is CCC(Nc1cnccc1N(C)C)c1ccc(Cl)c(Cl)c1. The molecule has 0 fully saturated rings. The Hall–Kier alpha value is -1.45. The maximum atomic E-state index is 6.12. The van der Waals surface area contributed by atoms with E-state index in [1.165, 1.54) is 0 Å². The summed E-state index contributed by atoms with van der Waals surface area (Å²) in [4.78, 5) is 6.27. The quantitative estimate of drug-likeness (QED) is 0.837. The van der Waals surface area contributed by atoms with Crippen molar-refractivity contribution in [2.24, 2.45) is 0 Å². The number of hydrogen-bond donors (Lipinski definition) is 1. The van der Waals surface area contributed by atoms with Gasteiger partial charge in [0, 0.05) is 20.3 Å². The highest BCUT2D eigenvalue weighted by Crippen LogP contribution is 2.31. The molecule has 1 atom stereocenters. The third-order valence-corrected chi connectivity index (χ3v) is 4.10. The minimum absolute atomic E-state index is 0.155. The molecule has 0 aliphatic carbocycles. The van der Waals surface area contributed by atoms with Crippen LogP contribution < -0.4 is 10.2 Å². The molecule has 0 saturated heterocycles. The molecule has 3 nitrogen and oxygen atoms in total. The number of halogens is 2. The van der Waals surface area contributed by atoms with Crippen LogP contribution in [-0.2, 0) is 0 Å². The van der Waals surface area contributed by atoms with Gasteiger partial charge in [-0.05, 0) is 30.2 Å². The molecule has 1 unspecified atom stereocenters. The smallest absolute Gasteiger partial charge is 0.0769 e. The summed E-state index contributed by atoms with van der Waals surface area (Å²) in [6.45, 7) is 2.13. The molecule has 0 saturated carbocycles. The van der Waals surface area contributed by atoms with Gasteiger partial charge in [-0.15, -0.1) is 0 Å². The van der Waals surface area contributed by atoms with Crippen LogP contribution in [0.4, 0.5) is 11.4 Å². The highest BCUT2D eigenvalue weighted by Gasteiger charge is 2.13. The van der Waals surface area contributed by atoms with Gasteiger partial charge < -0.3 is 10.2 Å². The largest absolute Gasteiger partial charge is 0.376 e. The zero-order valence-corrected chi connectivity index (χ0v) is 13.9. The lowest BCUT2D eigenvalue weighted by atomic mass is 10.0. The zero-order valence-electron chi connectivity index (χ0n) is 12.4. The minimum Gasteiger partial charge on any atom is -0.376 e. The molecule has 0 spiro atoms. The van der Waals surface area contributed by atoms with E-state index in [4.69, 9.17) is 23.2 Å². The first-order chi connectivity index (χ1) is 10.0. The lowest BCUT2D eigenvalue weighted by molar-refractivity contribution is 0.748. The van der Waals surface area contributed by atoms with Crippen molar-refractivity contribution in [2.45, 2.75) is 19.4 Å². The van der Waals surface area contributed by atoms with Crippen LogP contribution in [0.5, 0.6) is 0 Å². The van der Waals surface area contributed by atoms with E-state index in [0.29, 0.717) is 10.0 Å². The zero-order chi connectivity index (χ0) is 15.4. The Morgan fingerprint density at radius 1 is 1.19 bits per heavy atom. The maximum absolute atomic E-state index is 6.12. The first-order valence-corrected chi connectivity index (χ1v) is 7.61. The van der Waals surface area contributed by atoms with E-state index in [9.17, 15) is 0 Å². The number of anilines is 2. The number of aromatic nitrogens is 1. The van der Waals surface area contributed by atoms with Crippen molar-refractivity contribution < 1.29 is 0 Å². The fraction of sp³-hybridized carbons (Fsp3) is 0.312. The number of pyridine rings is 1. The van der Waals surface area contributed by atoms with Gasteiger partial charge in [0.05, 0.1) is 33.7 Å². The van der Waals surface area contributed by atoms with E-state index in [0.717, 1.165) is 23.4 Å². The molecule has 1 aromatic heterocycles. The summed E-state index contributed by atoms with van der Waals surface area (Å²) in [7, 11) is 4.03. The summed E-state index contributed by atoms with van der Waals surface area (Å²) in [5.74, 6) is 0. The minimum atomic E-state index is 0.155. The monoisotopic (exact) mass is 323 g/mol. The maximum Gasteiger partial charge on any atom is 0.0769 e. The van der Waals surface area contributed by atoms with Crippen LogP contribution >= 0.6 is 23.2 Å². The van der Waals surface area contributed by atoms with Crippen molar-refractivity contribution in [1.29, 1.82) is 0 Å². The van der Waals surface area contributed by atoms with Gasteiger partial charge in [-0.2, -0.15) is 0 Å². The first kappa shape index (κ1) is 15.9. The van der Waals surface area contributed by atoms with Crippen molar-refractivity contribution in [3.63, 3.8) is 0 Å². The van der Waals surface area contributed by atoms with Crippen LogP contribution in [0.2, 0.25) is 10.0 Å². The third-order valence-electron chi connectivity index (χ3n) is 3.36. The first-order valence-electron chi connectivity index (χ1n) is 6.85. The second-order valence-corrected chi connectivity index (χ2v) is 5.88. The molecule has 2 aromatic rings. The van der Waals surface area contributed by atoms with Crippen LogP contribution in [0.1, 0.15) is 24.9 Å². The van der Waals surface area contributed by atoms with Crippen LogP contribution in [0.3, 0.4) is 0 Å². The predicted octanol–water partition coefficient (Wildman–Crippen LogP) is 5.02. The number of nitrogens with one attached hydrogen (secondary N) is 1. The average Bonchev–Trinajstić information content (AvgIpc) is 2.48. The molecular weight excluding hydrogens is 305 g/mol. The highest BCUT2D eigenvalue weighted by molar-refractivity contribution is 6.42. The van der Waals surface area contributed by atoms with Crippen LogP contribution in [0, 0.1) is 0 Å². The van der Waals surface area contributed by atoms with Gasteiger partial charge in [-0.1, -0.05) is 36.2 Å². The van der Waals surface area contributed by atoms with Crippen molar-refractivity contribution >= 4 is 34.6 Å². The molecule has 0 radical (unpaired) electrons. The van der Waals surface area contributed by atoms with Gasteiger partial charge >= 0.3 is 0 Å². The normalized spacial score (nSPS) is 12.0. The van der Waals surface area contributed by atoms with Crippen LogP contribution in [0.15, 0.2) is 36.7 Å². The second kappa shape index (κ2) is 7.01. The molecule has 5 heteroatoms. The molecule has 1 heterocycles. The molecule has 0 aliphatic rings. The van der Waals surface area contributed by atoms with Crippen molar-refractivity contribution in [1.82, 2.24) is 4.98 Å². The number of hydrogen-bond acceptors (Lipinski definition) is 3. The van der Waals surface area contributed by atoms with Gasteiger partial charge in [0.2, 0.25) is 0 Å². The summed E-state index contributed by atoms with van der Waals surface area (Å²) in [6.07, 6.45) is 4.57. The summed E-state index contributed by atoms with van der Waals surface area (Å²) < 4.78 is 0. The van der Waals surface area contributed by atoms with E-state index < -0.39 is 0 Å². The van der Waals surface area contributed by atoms with E-state index in [1.807, 2.05) is 44.6 Å². The Morgan fingerprint density at radius 3 is 2.57 bits per heavy atom. The lowest BCUT2D eigenvalue weighted by Crippen LogP contribution is -2.15. The van der Waals surface area contributed by atoms with E-state index in [2.05, 4.69) is 22.1 Å². The van der Waals surface area contributed by atoms with Crippen molar-refractivity contribution in [2.75, 3.05) is 24.3 Å². The van der Waals surface area contributed by atoms with E-state index in [1.54, 1.807) is 6.20 Å². The Balaban J connectivity index is 2.29. The second-order valence-electron chi connectivity index (χ2n) is 5.07. The number of rotatable bonds is 5. The van der Waals surface area contributed by atoms with E-state index in [-0.39, 0.29) is 6.04 Å². The van der Waals surface area contributed by atoms with Crippen LogP contribution in [0.25, 0.3) is 0 Å². The topological polar surface area (TPSA) is 28.2 Å².